The molecule has 4 nitrogen and oxygen atoms in total. The van der Waals surface area contributed by atoms with Crippen molar-refractivity contribution in [2.24, 2.45) is 17.6 Å². The largest absolute Gasteiger partial charge is 0.454 e. The van der Waals surface area contributed by atoms with E-state index in [0.717, 1.165) is 11.5 Å². The van der Waals surface area contributed by atoms with Gasteiger partial charge in [0.15, 0.2) is 11.5 Å². The predicted octanol–water partition coefficient (Wildman–Crippen LogP) is 1.91. The van der Waals surface area contributed by atoms with Crippen molar-refractivity contribution in [1.82, 2.24) is 5.32 Å². The Morgan fingerprint density at radius 1 is 1.28 bits per heavy atom. The molecule has 1 heterocycles. The van der Waals surface area contributed by atoms with E-state index in [9.17, 15) is 0 Å². The van der Waals surface area contributed by atoms with Crippen molar-refractivity contribution < 1.29 is 9.47 Å². The van der Waals surface area contributed by atoms with Gasteiger partial charge in [0.05, 0.1) is 0 Å². The van der Waals surface area contributed by atoms with E-state index in [1.54, 1.807) is 0 Å². The molecule has 1 aromatic rings. The second-order valence-corrected chi connectivity index (χ2v) is 5.02. The number of hydrogen-bond donors (Lipinski definition) is 2. The second kappa shape index (κ2) is 5.59. The summed E-state index contributed by atoms with van der Waals surface area (Å²) in [4.78, 5) is 0. The van der Waals surface area contributed by atoms with Gasteiger partial charge in [-0.3, -0.25) is 0 Å². The number of hydrogen-bond acceptors (Lipinski definition) is 4. The Morgan fingerprint density at radius 3 is 2.61 bits per heavy atom. The molecule has 1 aliphatic rings. The standard InChI is InChI=1S/C14H22N2O2/c1-9(2)11(7-15)14(16-3)10-4-5-12-13(6-10)18-8-17-12/h4-6,9,11,14,16H,7-8,15H2,1-3H3. The van der Waals surface area contributed by atoms with Crippen LogP contribution in [0.1, 0.15) is 25.5 Å². The van der Waals surface area contributed by atoms with Crippen molar-refractivity contribution in [1.29, 1.82) is 0 Å². The van der Waals surface area contributed by atoms with Crippen LogP contribution in [0.2, 0.25) is 0 Å². The molecule has 100 valence electrons. The van der Waals surface area contributed by atoms with Crippen molar-refractivity contribution in [3.8, 4) is 11.5 Å². The first-order valence-corrected chi connectivity index (χ1v) is 6.44. The molecule has 0 radical (unpaired) electrons. The highest BCUT2D eigenvalue weighted by molar-refractivity contribution is 5.45. The highest BCUT2D eigenvalue weighted by Crippen LogP contribution is 2.36. The summed E-state index contributed by atoms with van der Waals surface area (Å²) in [6.07, 6.45) is 0. The molecule has 0 spiro atoms. The van der Waals surface area contributed by atoms with Gasteiger partial charge in [-0.05, 0) is 43.1 Å². The van der Waals surface area contributed by atoms with Crippen LogP contribution < -0.4 is 20.5 Å². The quantitative estimate of drug-likeness (QED) is 0.838. The van der Waals surface area contributed by atoms with Crippen LogP contribution in [-0.4, -0.2) is 20.4 Å². The lowest BCUT2D eigenvalue weighted by Crippen LogP contribution is -2.33. The molecular formula is C14H22N2O2. The number of rotatable bonds is 5. The maximum Gasteiger partial charge on any atom is 0.231 e. The lowest BCUT2D eigenvalue weighted by Gasteiger charge is -2.29. The molecule has 2 rings (SSSR count). The van der Waals surface area contributed by atoms with E-state index in [-0.39, 0.29) is 6.04 Å². The third-order valence-electron chi connectivity index (χ3n) is 3.62. The predicted molar refractivity (Wildman–Crippen MR) is 71.7 cm³/mol. The average molecular weight is 250 g/mol. The Balaban J connectivity index is 2.27. The number of nitrogens with one attached hydrogen (secondary N) is 1. The van der Waals surface area contributed by atoms with Crippen molar-refractivity contribution in [3.63, 3.8) is 0 Å². The zero-order valence-electron chi connectivity index (χ0n) is 11.3. The van der Waals surface area contributed by atoms with Crippen molar-refractivity contribution in [2.75, 3.05) is 20.4 Å². The zero-order valence-corrected chi connectivity index (χ0v) is 11.3. The van der Waals surface area contributed by atoms with Crippen LogP contribution in [0.25, 0.3) is 0 Å². The number of nitrogens with two attached hydrogens (primary N) is 1. The Morgan fingerprint density at radius 2 is 2.00 bits per heavy atom. The molecule has 2 unspecified atom stereocenters. The van der Waals surface area contributed by atoms with Gasteiger partial charge in [0.25, 0.3) is 0 Å². The lowest BCUT2D eigenvalue weighted by molar-refractivity contribution is 0.174. The van der Waals surface area contributed by atoms with Crippen LogP contribution in [-0.2, 0) is 0 Å². The molecule has 0 amide bonds. The Kier molecular flexibility index (Phi) is 4.09. The third kappa shape index (κ3) is 2.44. The van der Waals surface area contributed by atoms with Gasteiger partial charge in [0, 0.05) is 6.04 Å². The van der Waals surface area contributed by atoms with E-state index >= 15 is 0 Å². The summed E-state index contributed by atoms with van der Waals surface area (Å²) in [5.74, 6) is 2.57. The van der Waals surface area contributed by atoms with E-state index in [2.05, 4.69) is 31.3 Å². The Labute approximate surface area is 108 Å². The molecule has 0 bridgehead atoms. The van der Waals surface area contributed by atoms with E-state index < -0.39 is 0 Å². The first-order chi connectivity index (χ1) is 8.67. The van der Waals surface area contributed by atoms with Crippen LogP contribution in [0.4, 0.5) is 0 Å². The van der Waals surface area contributed by atoms with Crippen LogP contribution in [0.15, 0.2) is 18.2 Å². The molecule has 0 fully saturated rings. The maximum atomic E-state index is 5.90. The van der Waals surface area contributed by atoms with E-state index in [4.69, 9.17) is 15.2 Å². The zero-order chi connectivity index (χ0) is 13.1. The summed E-state index contributed by atoms with van der Waals surface area (Å²) in [6.45, 7) is 5.38. The highest BCUT2D eigenvalue weighted by Gasteiger charge is 2.25. The summed E-state index contributed by atoms with van der Waals surface area (Å²) < 4.78 is 10.8. The molecule has 2 atom stereocenters. The van der Waals surface area contributed by atoms with Crippen LogP contribution in [0, 0.1) is 11.8 Å². The molecule has 0 saturated heterocycles. The van der Waals surface area contributed by atoms with E-state index in [0.29, 0.717) is 25.2 Å². The first-order valence-electron chi connectivity index (χ1n) is 6.44. The van der Waals surface area contributed by atoms with Gasteiger partial charge in [-0.2, -0.15) is 0 Å². The van der Waals surface area contributed by atoms with E-state index in [1.165, 1.54) is 5.56 Å². The minimum Gasteiger partial charge on any atom is -0.454 e. The van der Waals surface area contributed by atoms with Gasteiger partial charge >= 0.3 is 0 Å². The number of benzene rings is 1. The first kappa shape index (κ1) is 13.2. The molecule has 0 aromatic heterocycles. The lowest BCUT2D eigenvalue weighted by atomic mass is 9.84. The molecular weight excluding hydrogens is 228 g/mol. The van der Waals surface area contributed by atoms with Crippen molar-refractivity contribution >= 4 is 0 Å². The summed E-state index contributed by atoms with van der Waals surface area (Å²) in [5.41, 5.74) is 7.10. The number of fused-ring (bicyclic) bond motifs is 1. The second-order valence-electron chi connectivity index (χ2n) is 5.02. The topological polar surface area (TPSA) is 56.5 Å². The third-order valence-corrected chi connectivity index (χ3v) is 3.62. The molecule has 1 aliphatic heterocycles. The highest BCUT2D eigenvalue weighted by atomic mass is 16.7. The fraction of sp³-hybridized carbons (Fsp3) is 0.571. The molecule has 0 aliphatic carbocycles. The summed E-state index contributed by atoms with van der Waals surface area (Å²) >= 11 is 0. The number of ether oxygens (including phenoxy) is 2. The Hall–Kier alpha value is -1.26. The SMILES string of the molecule is CNC(c1ccc2c(c1)OCO2)C(CN)C(C)C. The van der Waals surface area contributed by atoms with Gasteiger partial charge in [0.2, 0.25) is 6.79 Å². The van der Waals surface area contributed by atoms with Crippen LogP contribution in [0.3, 0.4) is 0 Å². The van der Waals surface area contributed by atoms with Gasteiger partial charge < -0.3 is 20.5 Å². The molecule has 1 aromatic carbocycles. The fourth-order valence-electron chi connectivity index (χ4n) is 2.53. The van der Waals surface area contributed by atoms with Crippen molar-refractivity contribution in [3.05, 3.63) is 23.8 Å². The Bertz CT molecular complexity index is 407. The summed E-state index contributed by atoms with van der Waals surface area (Å²) in [5, 5.41) is 3.37. The van der Waals surface area contributed by atoms with Crippen LogP contribution >= 0.6 is 0 Å². The minimum atomic E-state index is 0.240. The molecule has 18 heavy (non-hydrogen) atoms. The van der Waals surface area contributed by atoms with Gasteiger partial charge in [0.1, 0.15) is 0 Å². The van der Waals surface area contributed by atoms with Crippen molar-refractivity contribution in [2.45, 2.75) is 19.9 Å². The minimum absolute atomic E-state index is 0.240. The summed E-state index contributed by atoms with van der Waals surface area (Å²) in [7, 11) is 1.97. The fourth-order valence-corrected chi connectivity index (χ4v) is 2.53. The van der Waals surface area contributed by atoms with E-state index in [1.807, 2.05) is 13.1 Å². The average Bonchev–Trinajstić information content (AvgIpc) is 2.82. The van der Waals surface area contributed by atoms with Gasteiger partial charge in [-0.1, -0.05) is 19.9 Å². The molecule has 3 N–H and O–H groups in total. The smallest absolute Gasteiger partial charge is 0.231 e. The van der Waals surface area contributed by atoms with Gasteiger partial charge in [-0.25, -0.2) is 0 Å². The normalized spacial score (nSPS) is 16.9. The van der Waals surface area contributed by atoms with Gasteiger partial charge in [-0.15, -0.1) is 0 Å². The van der Waals surface area contributed by atoms with Crippen LogP contribution in [0.5, 0.6) is 11.5 Å². The molecule has 0 saturated carbocycles. The monoisotopic (exact) mass is 250 g/mol. The summed E-state index contributed by atoms with van der Waals surface area (Å²) in [6, 6.07) is 6.34. The maximum absolute atomic E-state index is 5.90. The molecule has 4 heteroatoms.